The first-order valence-electron chi connectivity index (χ1n) is 4.97. The van der Waals surface area contributed by atoms with Gasteiger partial charge in [0.2, 0.25) is 0 Å². The third-order valence-electron chi connectivity index (χ3n) is 2.65. The number of methoxy groups -OCH3 is 1. The molecular weight excluding hydrogens is 193 g/mol. The Hall–Kier alpha value is -1.09. The van der Waals surface area contributed by atoms with Crippen LogP contribution in [-0.4, -0.2) is 13.7 Å². The van der Waals surface area contributed by atoms with Crippen molar-refractivity contribution in [3.63, 3.8) is 0 Å². The minimum absolute atomic E-state index is 0.0129. The Morgan fingerprint density at radius 2 is 1.80 bits per heavy atom. The number of hydrogen-bond acceptors (Lipinski definition) is 2. The van der Waals surface area contributed by atoms with Crippen LogP contribution in [-0.2, 0) is 5.67 Å². The monoisotopic (exact) mass is 211 g/mol. The van der Waals surface area contributed by atoms with E-state index in [2.05, 4.69) is 0 Å². The Bertz CT molecular complexity index is 338. The molecule has 0 fully saturated rings. The van der Waals surface area contributed by atoms with Crippen molar-refractivity contribution in [3.05, 3.63) is 28.8 Å². The van der Waals surface area contributed by atoms with Crippen LogP contribution in [0.1, 0.15) is 23.6 Å². The summed E-state index contributed by atoms with van der Waals surface area (Å²) in [6, 6.07) is 3.66. The van der Waals surface area contributed by atoms with Crippen LogP contribution in [0.15, 0.2) is 12.1 Å². The maximum atomic E-state index is 14.1. The lowest BCUT2D eigenvalue weighted by atomic mass is 9.89. The Morgan fingerprint density at radius 3 is 2.13 bits per heavy atom. The highest BCUT2D eigenvalue weighted by Gasteiger charge is 2.27. The van der Waals surface area contributed by atoms with Crippen LogP contribution < -0.4 is 10.5 Å². The summed E-state index contributed by atoms with van der Waals surface area (Å²) < 4.78 is 19.3. The Morgan fingerprint density at radius 1 is 1.33 bits per heavy atom. The van der Waals surface area contributed by atoms with Crippen molar-refractivity contribution in [3.8, 4) is 5.75 Å². The predicted octanol–water partition coefficient (Wildman–Crippen LogP) is 2.46. The highest BCUT2D eigenvalue weighted by atomic mass is 19.1. The van der Waals surface area contributed by atoms with Gasteiger partial charge in [-0.15, -0.1) is 0 Å². The Balaban J connectivity index is 3.31. The molecule has 1 aromatic carbocycles. The van der Waals surface area contributed by atoms with Gasteiger partial charge in [-0.1, -0.05) is 0 Å². The fraction of sp³-hybridized carbons (Fsp3) is 0.500. The van der Waals surface area contributed by atoms with Crippen LogP contribution >= 0.6 is 0 Å². The van der Waals surface area contributed by atoms with Crippen molar-refractivity contribution in [1.82, 2.24) is 0 Å². The van der Waals surface area contributed by atoms with Gasteiger partial charge in [-0.3, -0.25) is 0 Å². The third-order valence-corrected chi connectivity index (χ3v) is 2.65. The largest absolute Gasteiger partial charge is 0.497 e. The molecule has 0 saturated carbocycles. The van der Waals surface area contributed by atoms with Crippen molar-refractivity contribution in [2.24, 2.45) is 5.73 Å². The van der Waals surface area contributed by atoms with Crippen LogP contribution in [0.4, 0.5) is 4.39 Å². The van der Waals surface area contributed by atoms with Crippen LogP contribution in [0, 0.1) is 13.8 Å². The van der Waals surface area contributed by atoms with E-state index >= 15 is 0 Å². The summed E-state index contributed by atoms with van der Waals surface area (Å²) in [7, 11) is 1.60. The van der Waals surface area contributed by atoms with E-state index in [0.29, 0.717) is 5.56 Å². The minimum Gasteiger partial charge on any atom is -0.497 e. The van der Waals surface area contributed by atoms with Crippen molar-refractivity contribution < 1.29 is 9.13 Å². The van der Waals surface area contributed by atoms with Gasteiger partial charge in [-0.25, -0.2) is 4.39 Å². The molecule has 0 aromatic heterocycles. The number of aryl methyl sites for hydroxylation is 2. The maximum Gasteiger partial charge on any atom is 0.145 e. The molecule has 2 nitrogen and oxygen atoms in total. The second-order valence-corrected chi connectivity index (χ2v) is 4.04. The fourth-order valence-corrected chi connectivity index (χ4v) is 1.97. The van der Waals surface area contributed by atoms with Crippen LogP contribution in [0.5, 0.6) is 5.75 Å². The maximum absolute atomic E-state index is 14.1. The lowest BCUT2D eigenvalue weighted by molar-refractivity contribution is 0.201. The molecule has 0 bridgehead atoms. The van der Waals surface area contributed by atoms with Gasteiger partial charge in [-0.05, 0) is 49.6 Å². The summed E-state index contributed by atoms with van der Waals surface area (Å²) in [6.45, 7) is 5.24. The van der Waals surface area contributed by atoms with E-state index in [1.54, 1.807) is 7.11 Å². The average Bonchev–Trinajstić information content (AvgIpc) is 2.16. The molecule has 84 valence electrons. The van der Waals surface area contributed by atoms with E-state index in [0.717, 1.165) is 16.9 Å². The van der Waals surface area contributed by atoms with Gasteiger partial charge in [0.05, 0.1) is 7.11 Å². The number of alkyl halides is 1. The number of ether oxygens (including phenoxy) is 1. The molecule has 0 radical (unpaired) electrons. The SMILES string of the molecule is COc1cc(C)c(C(C)(F)CN)c(C)c1. The quantitative estimate of drug-likeness (QED) is 0.833. The molecule has 0 saturated heterocycles. The van der Waals surface area contributed by atoms with Crippen LogP contribution in [0.2, 0.25) is 0 Å². The van der Waals surface area contributed by atoms with Gasteiger partial charge in [0.1, 0.15) is 11.4 Å². The van der Waals surface area contributed by atoms with E-state index < -0.39 is 5.67 Å². The van der Waals surface area contributed by atoms with E-state index in [9.17, 15) is 4.39 Å². The van der Waals surface area contributed by atoms with Gasteiger partial charge >= 0.3 is 0 Å². The molecule has 2 N–H and O–H groups in total. The minimum atomic E-state index is -1.47. The van der Waals surface area contributed by atoms with Crippen molar-refractivity contribution in [1.29, 1.82) is 0 Å². The first kappa shape index (κ1) is 12.0. The molecule has 15 heavy (non-hydrogen) atoms. The highest BCUT2D eigenvalue weighted by molar-refractivity contribution is 5.44. The van der Waals surface area contributed by atoms with Gasteiger partial charge in [0, 0.05) is 6.54 Å². The number of nitrogens with two attached hydrogens (primary N) is 1. The molecule has 0 amide bonds. The second kappa shape index (κ2) is 4.19. The van der Waals surface area contributed by atoms with Crippen molar-refractivity contribution in [2.45, 2.75) is 26.4 Å². The molecule has 1 unspecified atom stereocenters. The Kier molecular flexibility index (Phi) is 3.35. The van der Waals surface area contributed by atoms with E-state index in [1.165, 1.54) is 6.92 Å². The molecule has 0 spiro atoms. The van der Waals surface area contributed by atoms with Gasteiger partial charge in [-0.2, -0.15) is 0 Å². The zero-order chi connectivity index (χ0) is 11.6. The molecule has 0 heterocycles. The molecule has 0 aliphatic rings. The van der Waals surface area contributed by atoms with Crippen LogP contribution in [0.3, 0.4) is 0 Å². The zero-order valence-corrected chi connectivity index (χ0v) is 9.73. The smallest absolute Gasteiger partial charge is 0.145 e. The lowest BCUT2D eigenvalue weighted by Crippen LogP contribution is -2.28. The van der Waals surface area contributed by atoms with Gasteiger partial charge in [0.25, 0.3) is 0 Å². The summed E-state index contributed by atoms with van der Waals surface area (Å²) in [5.41, 5.74) is 6.39. The molecular formula is C12H18FNO. The number of halogens is 1. The third kappa shape index (κ3) is 2.29. The summed E-state index contributed by atoms with van der Waals surface area (Å²) in [5, 5.41) is 0. The summed E-state index contributed by atoms with van der Waals surface area (Å²) in [5.74, 6) is 0.751. The highest BCUT2D eigenvalue weighted by Crippen LogP contribution is 2.32. The molecule has 0 aliphatic carbocycles. The first-order chi connectivity index (χ1) is 6.92. The van der Waals surface area contributed by atoms with Crippen molar-refractivity contribution in [2.75, 3.05) is 13.7 Å². The summed E-state index contributed by atoms with van der Waals surface area (Å²) >= 11 is 0. The average molecular weight is 211 g/mol. The van der Waals surface area contributed by atoms with Gasteiger partial charge in [0.15, 0.2) is 0 Å². The summed E-state index contributed by atoms with van der Waals surface area (Å²) in [4.78, 5) is 0. The van der Waals surface area contributed by atoms with Crippen molar-refractivity contribution >= 4 is 0 Å². The molecule has 1 atom stereocenters. The standard InChI is InChI=1S/C12H18FNO/c1-8-5-10(15-4)6-9(2)11(8)12(3,13)7-14/h5-6H,7,14H2,1-4H3. The van der Waals surface area contributed by atoms with E-state index in [1.807, 2.05) is 26.0 Å². The molecule has 3 heteroatoms. The molecule has 1 aromatic rings. The zero-order valence-electron chi connectivity index (χ0n) is 9.73. The predicted molar refractivity (Wildman–Crippen MR) is 60.0 cm³/mol. The number of rotatable bonds is 3. The number of benzene rings is 1. The van der Waals surface area contributed by atoms with E-state index in [-0.39, 0.29) is 6.54 Å². The Labute approximate surface area is 90.2 Å². The van der Waals surface area contributed by atoms with E-state index in [4.69, 9.17) is 10.5 Å². The molecule has 1 rings (SSSR count). The second-order valence-electron chi connectivity index (χ2n) is 4.04. The fourth-order valence-electron chi connectivity index (χ4n) is 1.97. The topological polar surface area (TPSA) is 35.2 Å². The number of hydrogen-bond donors (Lipinski definition) is 1. The van der Waals surface area contributed by atoms with Gasteiger partial charge < -0.3 is 10.5 Å². The lowest BCUT2D eigenvalue weighted by Gasteiger charge is -2.23. The van der Waals surface area contributed by atoms with Crippen LogP contribution in [0.25, 0.3) is 0 Å². The first-order valence-corrected chi connectivity index (χ1v) is 4.97. The molecule has 0 aliphatic heterocycles. The summed E-state index contributed by atoms with van der Waals surface area (Å²) in [6.07, 6.45) is 0. The normalized spacial score (nSPS) is 14.8.